The zero-order valence-electron chi connectivity index (χ0n) is 10.0. The normalized spacial score (nSPS) is 12.5. The Morgan fingerprint density at radius 2 is 2.12 bits per heavy atom. The maximum absolute atomic E-state index is 10.8. The average molecular weight is 221 g/mol. The standard InChI is InChI=1S/C12H19N3O/c1-8(2)9(3)6-14-11-5-4-10(7-15-11)12(13)16/h4-5,7-9H,6H2,1-3H3,(H2,13,16)(H,14,15). The zero-order chi connectivity index (χ0) is 12.1. The molecule has 1 atom stereocenters. The summed E-state index contributed by atoms with van der Waals surface area (Å²) in [6.45, 7) is 7.45. The van der Waals surface area contributed by atoms with Crippen LogP contribution in [-0.2, 0) is 0 Å². The van der Waals surface area contributed by atoms with Crippen LogP contribution >= 0.6 is 0 Å². The van der Waals surface area contributed by atoms with Crippen LogP contribution in [0.3, 0.4) is 0 Å². The minimum atomic E-state index is -0.449. The second-order valence-corrected chi connectivity index (χ2v) is 4.40. The summed E-state index contributed by atoms with van der Waals surface area (Å²) in [5.74, 6) is 1.54. The van der Waals surface area contributed by atoms with Gasteiger partial charge in [-0.1, -0.05) is 20.8 Å². The van der Waals surface area contributed by atoms with E-state index in [2.05, 4.69) is 31.1 Å². The summed E-state index contributed by atoms with van der Waals surface area (Å²) < 4.78 is 0. The lowest BCUT2D eigenvalue weighted by atomic mass is 9.98. The van der Waals surface area contributed by atoms with Gasteiger partial charge in [-0.15, -0.1) is 0 Å². The molecule has 4 nitrogen and oxygen atoms in total. The second kappa shape index (κ2) is 5.49. The quantitative estimate of drug-likeness (QED) is 0.797. The number of nitrogens with zero attached hydrogens (tertiary/aromatic N) is 1. The van der Waals surface area contributed by atoms with E-state index in [1.807, 2.05) is 0 Å². The molecule has 0 aromatic carbocycles. The van der Waals surface area contributed by atoms with E-state index in [9.17, 15) is 4.79 Å². The zero-order valence-corrected chi connectivity index (χ0v) is 10.0. The first kappa shape index (κ1) is 12.5. The molecule has 0 aliphatic heterocycles. The fourth-order valence-electron chi connectivity index (χ4n) is 1.15. The maximum Gasteiger partial charge on any atom is 0.250 e. The van der Waals surface area contributed by atoms with Gasteiger partial charge in [-0.25, -0.2) is 4.98 Å². The molecule has 1 unspecified atom stereocenters. The van der Waals surface area contributed by atoms with Crippen molar-refractivity contribution in [3.05, 3.63) is 23.9 Å². The van der Waals surface area contributed by atoms with E-state index in [0.29, 0.717) is 17.4 Å². The molecule has 88 valence electrons. The van der Waals surface area contributed by atoms with E-state index in [1.54, 1.807) is 12.1 Å². The second-order valence-electron chi connectivity index (χ2n) is 4.40. The fourth-order valence-corrected chi connectivity index (χ4v) is 1.15. The molecular weight excluding hydrogens is 202 g/mol. The van der Waals surface area contributed by atoms with E-state index in [1.165, 1.54) is 6.20 Å². The first-order valence-corrected chi connectivity index (χ1v) is 5.50. The van der Waals surface area contributed by atoms with Gasteiger partial charge in [0, 0.05) is 12.7 Å². The van der Waals surface area contributed by atoms with Crippen LogP contribution in [0, 0.1) is 11.8 Å². The van der Waals surface area contributed by atoms with Gasteiger partial charge in [-0.05, 0) is 24.0 Å². The number of nitrogens with two attached hydrogens (primary N) is 1. The predicted molar refractivity (Wildman–Crippen MR) is 65.2 cm³/mol. The van der Waals surface area contributed by atoms with E-state index >= 15 is 0 Å². The lowest BCUT2D eigenvalue weighted by Crippen LogP contribution is -2.17. The lowest BCUT2D eigenvalue weighted by molar-refractivity contribution is 0.1000. The molecule has 1 aromatic heterocycles. The van der Waals surface area contributed by atoms with Gasteiger partial charge in [0.05, 0.1) is 5.56 Å². The van der Waals surface area contributed by atoms with Gasteiger partial charge < -0.3 is 11.1 Å². The molecule has 0 fully saturated rings. The van der Waals surface area contributed by atoms with E-state index in [-0.39, 0.29) is 0 Å². The number of carbonyl (C=O) groups excluding carboxylic acids is 1. The number of rotatable bonds is 5. The summed E-state index contributed by atoms with van der Waals surface area (Å²) >= 11 is 0. The van der Waals surface area contributed by atoms with Gasteiger partial charge in [0.15, 0.2) is 0 Å². The van der Waals surface area contributed by atoms with E-state index in [0.717, 1.165) is 12.4 Å². The summed E-state index contributed by atoms with van der Waals surface area (Å²) in [6.07, 6.45) is 1.49. The van der Waals surface area contributed by atoms with Gasteiger partial charge in [-0.3, -0.25) is 4.79 Å². The molecule has 0 saturated heterocycles. The Balaban J connectivity index is 2.53. The number of hydrogen-bond donors (Lipinski definition) is 2. The molecule has 16 heavy (non-hydrogen) atoms. The Bertz CT molecular complexity index is 346. The van der Waals surface area contributed by atoms with Gasteiger partial charge in [0.1, 0.15) is 5.82 Å². The first-order valence-electron chi connectivity index (χ1n) is 5.50. The fraction of sp³-hybridized carbons (Fsp3) is 0.500. The summed E-state index contributed by atoms with van der Waals surface area (Å²) in [7, 11) is 0. The summed E-state index contributed by atoms with van der Waals surface area (Å²) in [4.78, 5) is 14.9. The largest absolute Gasteiger partial charge is 0.370 e. The Labute approximate surface area is 96.3 Å². The minimum Gasteiger partial charge on any atom is -0.370 e. The topological polar surface area (TPSA) is 68.0 Å². The molecule has 3 N–H and O–H groups in total. The van der Waals surface area contributed by atoms with Crippen molar-refractivity contribution in [2.75, 3.05) is 11.9 Å². The van der Waals surface area contributed by atoms with Crippen LogP contribution in [0.15, 0.2) is 18.3 Å². The number of primary amides is 1. The highest BCUT2D eigenvalue weighted by Crippen LogP contribution is 2.11. The predicted octanol–water partition coefficient (Wildman–Crippen LogP) is 1.88. The van der Waals surface area contributed by atoms with Crippen molar-refractivity contribution in [3.63, 3.8) is 0 Å². The molecule has 0 spiro atoms. The van der Waals surface area contributed by atoms with E-state index in [4.69, 9.17) is 5.73 Å². The Hall–Kier alpha value is -1.58. The minimum absolute atomic E-state index is 0.433. The van der Waals surface area contributed by atoms with Crippen molar-refractivity contribution in [2.45, 2.75) is 20.8 Å². The number of pyridine rings is 1. The van der Waals surface area contributed by atoms with Crippen LogP contribution in [0.25, 0.3) is 0 Å². The summed E-state index contributed by atoms with van der Waals surface area (Å²) in [6, 6.07) is 3.45. The molecule has 1 heterocycles. The third-order valence-corrected chi connectivity index (χ3v) is 2.79. The first-order chi connectivity index (χ1) is 7.50. The van der Waals surface area contributed by atoms with Crippen LogP contribution in [0.1, 0.15) is 31.1 Å². The average Bonchev–Trinajstić information content (AvgIpc) is 2.26. The highest BCUT2D eigenvalue weighted by Gasteiger charge is 2.07. The summed E-state index contributed by atoms with van der Waals surface area (Å²) in [5, 5.41) is 3.23. The number of amides is 1. The molecule has 0 saturated carbocycles. The highest BCUT2D eigenvalue weighted by molar-refractivity contribution is 5.92. The van der Waals surface area contributed by atoms with Crippen molar-refractivity contribution in [3.8, 4) is 0 Å². The van der Waals surface area contributed by atoms with Crippen LogP contribution in [0.4, 0.5) is 5.82 Å². The van der Waals surface area contributed by atoms with Gasteiger partial charge >= 0.3 is 0 Å². The number of aromatic nitrogens is 1. The van der Waals surface area contributed by atoms with Crippen molar-refractivity contribution in [1.29, 1.82) is 0 Å². The van der Waals surface area contributed by atoms with Crippen molar-refractivity contribution in [2.24, 2.45) is 17.6 Å². The monoisotopic (exact) mass is 221 g/mol. The SMILES string of the molecule is CC(C)C(C)CNc1ccc(C(N)=O)cn1. The Morgan fingerprint density at radius 3 is 2.56 bits per heavy atom. The van der Waals surface area contributed by atoms with Gasteiger partial charge in [0.2, 0.25) is 5.91 Å². The maximum atomic E-state index is 10.8. The third kappa shape index (κ3) is 3.53. The van der Waals surface area contributed by atoms with Gasteiger partial charge in [0.25, 0.3) is 0 Å². The number of nitrogens with one attached hydrogen (secondary N) is 1. The molecule has 1 aromatic rings. The molecule has 1 rings (SSSR count). The number of carbonyl (C=O) groups is 1. The van der Waals surface area contributed by atoms with Crippen LogP contribution < -0.4 is 11.1 Å². The van der Waals surface area contributed by atoms with Gasteiger partial charge in [-0.2, -0.15) is 0 Å². The Kier molecular flexibility index (Phi) is 4.28. The van der Waals surface area contributed by atoms with Crippen molar-refractivity contribution in [1.82, 2.24) is 4.98 Å². The van der Waals surface area contributed by atoms with Crippen molar-refractivity contribution >= 4 is 11.7 Å². The molecule has 0 radical (unpaired) electrons. The molecule has 1 amide bonds. The van der Waals surface area contributed by atoms with Crippen LogP contribution in [0.5, 0.6) is 0 Å². The molecular formula is C12H19N3O. The molecule has 4 heteroatoms. The smallest absolute Gasteiger partial charge is 0.250 e. The third-order valence-electron chi connectivity index (χ3n) is 2.79. The molecule has 0 aliphatic rings. The van der Waals surface area contributed by atoms with E-state index < -0.39 is 5.91 Å². The number of hydrogen-bond acceptors (Lipinski definition) is 3. The highest BCUT2D eigenvalue weighted by atomic mass is 16.1. The molecule has 0 aliphatic carbocycles. The summed E-state index contributed by atoms with van der Waals surface area (Å²) in [5.41, 5.74) is 5.56. The van der Waals surface area contributed by atoms with Crippen LogP contribution in [0.2, 0.25) is 0 Å². The van der Waals surface area contributed by atoms with Crippen LogP contribution in [-0.4, -0.2) is 17.4 Å². The molecule has 0 bridgehead atoms. The van der Waals surface area contributed by atoms with Crippen molar-refractivity contribution < 1.29 is 4.79 Å². The number of anilines is 1. The Morgan fingerprint density at radius 1 is 1.44 bits per heavy atom. The lowest BCUT2D eigenvalue weighted by Gasteiger charge is -2.16.